The molecule has 0 radical (unpaired) electrons. The lowest BCUT2D eigenvalue weighted by atomic mass is 10.0. The molecule has 0 bridgehead atoms. The molecular formula is C20H32N4O5S. The van der Waals surface area contributed by atoms with Crippen LogP contribution in [-0.4, -0.2) is 74.5 Å². The van der Waals surface area contributed by atoms with Gasteiger partial charge >= 0.3 is 0 Å². The molecule has 2 heterocycles. The molecule has 1 N–H and O–H groups in total. The van der Waals surface area contributed by atoms with E-state index in [2.05, 4.69) is 24.1 Å². The summed E-state index contributed by atoms with van der Waals surface area (Å²) in [6.45, 7) is 8.22. The number of nitro groups is 1. The number of benzene rings is 1. The van der Waals surface area contributed by atoms with E-state index >= 15 is 0 Å². The molecule has 30 heavy (non-hydrogen) atoms. The van der Waals surface area contributed by atoms with Crippen molar-refractivity contribution >= 4 is 21.4 Å². The highest BCUT2D eigenvalue weighted by Crippen LogP contribution is 2.30. The predicted octanol–water partition coefficient (Wildman–Crippen LogP) is 2.54. The van der Waals surface area contributed by atoms with E-state index in [4.69, 9.17) is 4.74 Å². The topological polar surface area (TPSA) is 105 Å². The van der Waals surface area contributed by atoms with Crippen molar-refractivity contribution in [3.8, 4) is 0 Å². The van der Waals surface area contributed by atoms with Crippen LogP contribution in [0.5, 0.6) is 0 Å². The molecule has 2 aliphatic rings. The van der Waals surface area contributed by atoms with E-state index in [0.29, 0.717) is 37.4 Å². The Morgan fingerprint density at radius 3 is 2.43 bits per heavy atom. The molecule has 1 atom stereocenters. The number of anilines is 1. The van der Waals surface area contributed by atoms with Crippen molar-refractivity contribution in [3.63, 3.8) is 0 Å². The molecule has 3 rings (SSSR count). The highest BCUT2D eigenvalue weighted by molar-refractivity contribution is 7.89. The first-order valence-corrected chi connectivity index (χ1v) is 12.1. The monoisotopic (exact) mass is 440 g/mol. The van der Waals surface area contributed by atoms with Crippen molar-refractivity contribution in [1.29, 1.82) is 0 Å². The summed E-state index contributed by atoms with van der Waals surface area (Å²) in [7, 11) is -3.78. The van der Waals surface area contributed by atoms with Crippen LogP contribution < -0.4 is 5.32 Å². The predicted molar refractivity (Wildman–Crippen MR) is 115 cm³/mol. The van der Waals surface area contributed by atoms with Crippen molar-refractivity contribution in [2.24, 2.45) is 5.92 Å². The van der Waals surface area contributed by atoms with Crippen LogP contribution >= 0.6 is 0 Å². The van der Waals surface area contributed by atoms with E-state index in [0.717, 1.165) is 19.5 Å². The third-order valence-corrected chi connectivity index (χ3v) is 7.60. The van der Waals surface area contributed by atoms with Crippen LogP contribution in [0.1, 0.15) is 33.1 Å². The summed E-state index contributed by atoms with van der Waals surface area (Å²) in [5.41, 5.74) is 0.142. The largest absolute Gasteiger partial charge is 0.379 e. The molecule has 2 aliphatic heterocycles. The summed E-state index contributed by atoms with van der Waals surface area (Å²) >= 11 is 0. The highest BCUT2D eigenvalue weighted by Gasteiger charge is 2.29. The Morgan fingerprint density at radius 1 is 1.17 bits per heavy atom. The molecule has 1 aromatic rings. The number of likely N-dealkylation sites (tertiary alicyclic amines) is 1. The Bertz CT molecular complexity index is 834. The molecule has 1 aromatic carbocycles. The number of nitrogens with zero attached hydrogens (tertiary/aromatic N) is 3. The van der Waals surface area contributed by atoms with E-state index in [1.54, 1.807) is 0 Å². The molecule has 2 saturated heterocycles. The second-order valence-corrected chi connectivity index (χ2v) is 10.3. The smallest absolute Gasteiger partial charge is 0.293 e. The molecule has 0 spiro atoms. The first kappa shape index (κ1) is 22.9. The zero-order valence-corrected chi connectivity index (χ0v) is 18.6. The van der Waals surface area contributed by atoms with Gasteiger partial charge in [-0.3, -0.25) is 15.0 Å². The minimum absolute atomic E-state index is 0.0556. The number of nitro benzene ring substituents is 1. The number of hydrogen-bond donors (Lipinski definition) is 1. The number of hydrogen-bond acceptors (Lipinski definition) is 7. The normalized spacial score (nSPS) is 19.8. The molecule has 0 amide bonds. The number of nitrogens with one attached hydrogen (secondary N) is 1. The van der Waals surface area contributed by atoms with Gasteiger partial charge < -0.3 is 10.1 Å². The number of sulfonamides is 1. The van der Waals surface area contributed by atoms with Gasteiger partial charge in [-0.2, -0.15) is 4.31 Å². The maximum absolute atomic E-state index is 12.9. The van der Waals surface area contributed by atoms with Crippen molar-refractivity contribution in [3.05, 3.63) is 28.3 Å². The van der Waals surface area contributed by atoms with Crippen LogP contribution in [0.25, 0.3) is 0 Å². The maximum atomic E-state index is 12.9. The van der Waals surface area contributed by atoms with Gasteiger partial charge in [0, 0.05) is 31.7 Å². The Balaban J connectivity index is 1.78. The Labute approximate surface area is 178 Å². The maximum Gasteiger partial charge on any atom is 0.293 e. The number of rotatable bonds is 9. The zero-order chi connectivity index (χ0) is 21.7. The van der Waals surface area contributed by atoms with Crippen LogP contribution in [0.4, 0.5) is 11.4 Å². The molecule has 0 aliphatic carbocycles. The molecule has 9 nitrogen and oxygen atoms in total. The third kappa shape index (κ3) is 5.48. The SMILES string of the molecule is CC(C)C[C@H](CNc1ccc(S(=O)(=O)N2CCOCC2)cc1[N+](=O)[O-])N1CCCC1. The lowest BCUT2D eigenvalue weighted by Crippen LogP contribution is -2.40. The standard InChI is InChI=1S/C20H32N4O5S/c1-16(2)13-17(22-7-3-4-8-22)15-21-19-6-5-18(14-20(19)24(25)26)30(27,28)23-9-11-29-12-10-23/h5-6,14,16-17,21H,3-4,7-13,15H2,1-2H3/t17-/m1/s1. The van der Waals surface area contributed by atoms with E-state index in [-0.39, 0.29) is 23.7 Å². The lowest BCUT2D eigenvalue weighted by molar-refractivity contribution is -0.384. The van der Waals surface area contributed by atoms with E-state index in [9.17, 15) is 18.5 Å². The van der Waals surface area contributed by atoms with Gasteiger partial charge in [0.1, 0.15) is 5.69 Å². The van der Waals surface area contributed by atoms with E-state index in [1.165, 1.54) is 35.3 Å². The number of ether oxygens (including phenoxy) is 1. The second kappa shape index (κ2) is 10.0. The second-order valence-electron chi connectivity index (χ2n) is 8.36. The van der Waals surface area contributed by atoms with Gasteiger partial charge in [0.2, 0.25) is 10.0 Å². The van der Waals surface area contributed by atoms with E-state index in [1.807, 2.05) is 0 Å². The average Bonchev–Trinajstić information content (AvgIpc) is 3.26. The zero-order valence-electron chi connectivity index (χ0n) is 17.7. The summed E-state index contributed by atoms with van der Waals surface area (Å²) in [6, 6.07) is 4.43. The quantitative estimate of drug-likeness (QED) is 0.465. The fraction of sp³-hybridized carbons (Fsp3) is 0.700. The fourth-order valence-electron chi connectivity index (χ4n) is 4.15. The minimum Gasteiger partial charge on any atom is -0.379 e. The van der Waals surface area contributed by atoms with Gasteiger partial charge in [-0.25, -0.2) is 8.42 Å². The first-order chi connectivity index (χ1) is 14.3. The molecule has 2 fully saturated rings. The van der Waals surface area contributed by atoms with E-state index < -0.39 is 14.9 Å². The molecule has 0 saturated carbocycles. The van der Waals surface area contributed by atoms with Gasteiger partial charge in [-0.1, -0.05) is 13.8 Å². The van der Waals surface area contributed by atoms with Crippen molar-refractivity contribution in [2.75, 3.05) is 51.3 Å². The highest BCUT2D eigenvalue weighted by atomic mass is 32.2. The first-order valence-electron chi connectivity index (χ1n) is 10.6. The summed E-state index contributed by atoms with van der Waals surface area (Å²) in [4.78, 5) is 13.5. The molecule has 10 heteroatoms. The van der Waals surface area contributed by atoms with Gasteiger partial charge in [0.05, 0.1) is 23.0 Å². The van der Waals surface area contributed by atoms with Gasteiger partial charge in [-0.05, 0) is 50.4 Å². The Hall–Kier alpha value is -1.75. The molecule has 0 unspecified atom stereocenters. The minimum atomic E-state index is -3.78. The summed E-state index contributed by atoms with van der Waals surface area (Å²) in [6.07, 6.45) is 3.37. The van der Waals surface area contributed by atoms with Crippen LogP contribution in [0, 0.1) is 16.0 Å². The van der Waals surface area contributed by atoms with Crippen molar-refractivity contribution in [2.45, 2.75) is 44.0 Å². The fourth-order valence-corrected chi connectivity index (χ4v) is 5.58. The Morgan fingerprint density at radius 2 is 1.83 bits per heavy atom. The van der Waals surface area contributed by atoms with Gasteiger partial charge in [0.15, 0.2) is 0 Å². The van der Waals surface area contributed by atoms with Crippen molar-refractivity contribution < 1.29 is 18.1 Å². The van der Waals surface area contributed by atoms with Crippen LogP contribution in [0.2, 0.25) is 0 Å². The molecule has 0 aromatic heterocycles. The number of morpholine rings is 1. The van der Waals surface area contributed by atoms with Crippen LogP contribution in [0.3, 0.4) is 0 Å². The summed E-state index contributed by atoms with van der Waals surface area (Å²) in [5.74, 6) is 0.522. The third-order valence-electron chi connectivity index (χ3n) is 5.70. The van der Waals surface area contributed by atoms with Gasteiger partial charge in [0.25, 0.3) is 5.69 Å². The van der Waals surface area contributed by atoms with Gasteiger partial charge in [-0.15, -0.1) is 0 Å². The van der Waals surface area contributed by atoms with Crippen LogP contribution in [-0.2, 0) is 14.8 Å². The lowest BCUT2D eigenvalue weighted by Gasteiger charge is -2.29. The summed E-state index contributed by atoms with van der Waals surface area (Å²) < 4.78 is 32.2. The molecular weight excluding hydrogens is 408 g/mol. The van der Waals surface area contributed by atoms with Crippen molar-refractivity contribution in [1.82, 2.24) is 9.21 Å². The average molecular weight is 441 g/mol. The van der Waals surface area contributed by atoms with Crippen LogP contribution in [0.15, 0.2) is 23.1 Å². The summed E-state index contributed by atoms with van der Waals surface area (Å²) in [5, 5.41) is 14.9. The molecule has 168 valence electrons. The Kier molecular flexibility index (Phi) is 7.67.